The lowest BCUT2D eigenvalue weighted by molar-refractivity contribution is 0.0696. The number of nitrogens with zero attached hydrogens (tertiary/aromatic N) is 1. The molecule has 0 saturated heterocycles. The fraction of sp³-hybridized carbons (Fsp3) is 0.136. The maximum atomic E-state index is 12.9. The van der Waals surface area contributed by atoms with Gasteiger partial charge in [-0.05, 0) is 44.2 Å². The molecule has 1 aromatic heterocycles. The van der Waals surface area contributed by atoms with Crippen LogP contribution in [-0.2, 0) is 10.0 Å². The fourth-order valence-corrected chi connectivity index (χ4v) is 3.77. The standard InChI is InChI=1S/C22H20N2O6S/c1-14(2)30-17-8-10-18(11-9-17)31(28,29)24-21-19(12-16(13-23-21)22(26)27)20(25)15-6-4-3-5-7-15/h3-14H,1-2H3,(H,23,24)(H,26,27). The Kier molecular flexibility index (Phi) is 6.36. The Balaban J connectivity index is 1.98. The van der Waals surface area contributed by atoms with Crippen LogP contribution in [0.15, 0.2) is 71.8 Å². The molecule has 3 aromatic rings. The van der Waals surface area contributed by atoms with E-state index in [1.807, 2.05) is 13.8 Å². The van der Waals surface area contributed by atoms with Gasteiger partial charge in [0.1, 0.15) is 5.75 Å². The number of anilines is 1. The van der Waals surface area contributed by atoms with E-state index in [0.717, 1.165) is 12.3 Å². The zero-order valence-corrected chi connectivity index (χ0v) is 17.6. The van der Waals surface area contributed by atoms with E-state index in [4.69, 9.17) is 4.74 Å². The van der Waals surface area contributed by atoms with E-state index in [1.54, 1.807) is 30.3 Å². The van der Waals surface area contributed by atoms with Gasteiger partial charge in [-0.25, -0.2) is 18.2 Å². The first-order chi connectivity index (χ1) is 14.7. The highest BCUT2D eigenvalue weighted by atomic mass is 32.2. The predicted octanol–water partition coefficient (Wildman–Crippen LogP) is 3.60. The molecule has 0 aliphatic rings. The van der Waals surface area contributed by atoms with Crippen LogP contribution in [0.25, 0.3) is 0 Å². The second kappa shape index (κ2) is 8.97. The first kappa shape index (κ1) is 22.0. The molecular formula is C22H20N2O6S. The van der Waals surface area contributed by atoms with Gasteiger partial charge in [0.25, 0.3) is 10.0 Å². The van der Waals surface area contributed by atoms with Crippen molar-refractivity contribution in [2.45, 2.75) is 24.8 Å². The number of aromatic nitrogens is 1. The minimum Gasteiger partial charge on any atom is -0.491 e. The molecule has 0 radical (unpaired) electrons. The van der Waals surface area contributed by atoms with Gasteiger partial charge in [0.05, 0.1) is 22.1 Å². The number of sulfonamides is 1. The van der Waals surface area contributed by atoms with Crippen LogP contribution >= 0.6 is 0 Å². The molecule has 0 aliphatic heterocycles. The second-order valence-corrected chi connectivity index (χ2v) is 8.55. The number of aromatic carboxylic acids is 1. The monoisotopic (exact) mass is 440 g/mol. The third kappa shape index (κ3) is 5.26. The molecule has 3 rings (SSSR count). The summed E-state index contributed by atoms with van der Waals surface area (Å²) in [5.74, 6) is -1.60. The van der Waals surface area contributed by atoms with Crippen LogP contribution in [0, 0.1) is 0 Å². The molecule has 0 unspecified atom stereocenters. The molecule has 8 nitrogen and oxygen atoms in total. The van der Waals surface area contributed by atoms with E-state index in [1.165, 1.54) is 24.3 Å². The molecular weight excluding hydrogens is 420 g/mol. The number of carboxylic acid groups (broad SMARTS) is 1. The number of ether oxygens (including phenoxy) is 1. The van der Waals surface area contributed by atoms with Crippen molar-refractivity contribution < 1.29 is 27.9 Å². The third-order valence-corrected chi connectivity index (χ3v) is 5.51. The third-order valence-electron chi connectivity index (χ3n) is 4.15. The highest BCUT2D eigenvalue weighted by molar-refractivity contribution is 7.92. The molecule has 9 heteroatoms. The number of carbonyl (C=O) groups excluding carboxylic acids is 1. The summed E-state index contributed by atoms with van der Waals surface area (Å²) in [5, 5.41) is 9.25. The lowest BCUT2D eigenvalue weighted by atomic mass is 10.0. The van der Waals surface area contributed by atoms with Gasteiger partial charge in [0.2, 0.25) is 0 Å². The Labute approximate surface area is 179 Å². The number of pyridine rings is 1. The molecule has 2 N–H and O–H groups in total. The molecule has 0 spiro atoms. The van der Waals surface area contributed by atoms with Gasteiger partial charge >= 0.3 is 5.97 Å². The topological polar surface area (TPSA) is 123 Å². The summed E-state index contributed by atoms with van der Waals surface area (Å²) in [7, 11) is -4.10. The number of carbonyl (C=O) groups is 2. The number of rotatable bonds is 8. The number of hydrogen-bond acceptors (Lipinski definition) is 6. The van der Waals surface area contributed by atoms with Crippen LogP contribution in [0.4, 0.5) is 5.82 Å². The van der Waals surface area contributed by atoms with Gasteiger partial charge in [-0.1, -0.05) is 30.3 Å². The molecule has 0 amide bonds. The van der Waals surface area contributed by atoms with E-state index >= 15 is 0 Å². The van der Waals surface area contributed by atoms with Crippen molar-refractivity contribution in [1.29, 1.82) is 0 Å². The summed E-state index contributed by atoms with van der Waals surface area (Å²) in [6.45, 7) is 3.70. The Morgan fingerprint density at radius 2 is 1.65 bits per heavy atom. The number of carboxylic acids is 1. The molecule has 0 aliphatic carbocycles. The summed E-state index contributed by atoms with van der Waals surface area (Å²) in [6, 6.07) is 15.0. The lowest BCUT2D eigenvalue weighted by Crippen LogP contribution is -2.18. The highest BCUT2D eigenvalue weighted by Gasteiger charge is 2.22. The van der Waals surface area contributed by atoms with Crippen molar-refractivity contribution in [1.82, 2.24) is 4.98 Å². The molecule has 0 fully saturated rings. The van der Waals surface area contributed by atoms with Crippen molar-refractivity contribution in [3.8, 4) is 5.75 Å². The van der Waals surface area contributed by atoms with E-state index in [0.29, 0.717) is 5.75 Å². The van der Waals surface area contributed by atoms with Gasteiger partial charge in [0, 0.05) is 11.8 Å². The molecule has 0 atom stereocenters. The van der Waals surface area contributed by atoms with Gasteiger partial charge < -0.3 is 9.84 Å². The quantitative estimate of drug-likeness (QED) is 0.513. The molecule has 31 heavy (non-hydrogen) atoms. The average molecular weight is 440 g/mol. The summed E-state index contributed by atoms with van der Waals surface area (Å²) < 4.78 is 33.5. The first-order valence-corrected chi connectivity index (χ1v) is 10.8. The molecule has 2 aromatic carbocycles. The minimum atomic E-state index is -4.10. The number of hydrogen-bond donors (Lipinski definition) is 2. The lowest BCUT2D eigenvalue weighted by Gasteiger charge is -2.13. The van der Waals surface area contributed by atoms with Crippen molar-refractivity contribution in [2.75, 3.05) is 4.72 Å². The summed E-state index contributed by atoms with van der Waals surface area (Å²) in [5.41, 5.74) is -0.144. The van der Waals surface area contributed by atoms with Crippen LogP contribution in [0.2, 0.25) is 0 Å². The smallest absolute Gasteiger partial charge is 0.337 e. The fourth-order valence-electron chi connectivity index (χ4n) is 2.74. The average Bonchev–Trinajstić information content (AvgIpc) is 2.73. The maximum absolute atomic E-state index is 12.9. The minimum absolute atomic E-state index is 0.0640. The van der Waals surface area contributed by atoms with Crippen LogP contribution in [0.1, 0.15) is 40.1 Å². The number of nitrogens with one attached hydrogen (secondary N) is 1. The Morgan fingerprint density at radius 3 is 2.23 bits per heavy atom. The van der Waals surface area contributed by atoms with Crippen LogP contribution < -0.4 is 9.46 Å². The normalized spacial score (nSPS) is 11.2. The Morgan fingerprint density at radius 1 is 1.00 bits per heavy atom. The van der Waals surface area contributed by atoms with Gasteiger partial charge in [-0.2, -0.15) is 0 Å². The van der Waals surface area contributed by atoms with E-state index in [-0.39, 0.29) is 33.5 Å². The van der Waals surface area contributed by atoms with E-state index in [9.17, 15) is 23.1 Å². The van der Waals surface area contributed by atoms with Gasteiger partial charge in [0.15, 0.2) is 11.6 Å². The number of benzene rings is 2. The van der Waals surface area contributed by atoms with Crippen LogP contribution in [0.5, 0.6) is 5.75 Å². The van der Waals surface area contributed by atoms with E-state index in [2.05, 4.69) is 9.71 Å². The second-order valence-electron chi connectivity index (χ2n) is 6.86. The SMILES string of the molecule is CC(C)Oc1ccc(S(=O)(=O)Nc2ncc(C(=O)O)cc2C(=O)c2ccccc2)cc1. The molecule has 1 heterocycles. The molecule has 0 saturated carbocycles. The summed E-state index contributed by atoms with van der Waals surface area (Å²) in [6.07, 6.45) is 0.922. The maximum Gasteiger partial charge on any atom is 0.337 e. The predicted molar refractivity (Wildman–Crippen MR) is 114 cm³/mol. The van der Waals surface area contributed by atoms with Crippen molar-refractivity contribution in [3.63, 3.8) is 0 Å². The Hall–Kier alpha value is -3.72. The zero-order chi connectivity index (χ0) is 22.6. The summed E-state index contributed by atoms with van der Waals surface area (Å²) >= 11 is 0. The molecule has 0 bridgehead atoms. The molecule has 160 valence electrons. The van der Waals surface area contributed by atoms with Crippen LogP contribution in [-0.4, -0.2) is 36.4 Å². The van der Waals surface area contributed by atoms with Crippen molar-refractivity contribution in [3.05, 3.63) is 83.6 Å². The highest BCUT2D eigenvalue weighted by Crippen LogP contribution is 2.23. The zero-order valence-electron chi connectivity index (χ0n) is 16.8. The van der Waals surface area contributed by atoms with Gasteiger partial charge in [-0.15, -0.1) is 0 Å². The van der Waals surface area contributed by atoms with Crippen molar-refractivity contribution in [2.24, 2.45) is 0 Å². The summed E-state index contributed by atoms with van der Waals surface area (Å²) in [4.78, 5) is 28.1. The van der Waals surface area contributed by atoms with Crippen LogP contribution in [0.3, 0.4) is 0 Å². The van der Waals surface area contributed by atoms with Gasteiger partial charge in [-0.3, -0.25) is 9.52 Å². The first-order valence-electron chi connectivity index (χ1n) is 9.30. The largest absolute Gasteiger partial charge is 0.491 e. The van der Waals surface area contributed by atoms with Crippen molar-refractivity contribution >= 4 is 27.6 Å². The Bertz CT molecular complexity index is 1210. The number of ketones is 1. The van der Waals surface area contributed by atoms with E-state index < -0.39 is 21.8 Å².